The fraction of sp³-hybridized carbons (Fsp3) is 0.182. The van der Waals surface area contributed by atoms with E-state index in [9.17, 15) is 14.4 Å². The summed E-state index contributed by atoms with van der Waals surface area (Å²) in [5.74, 6) is 0.168. The van der Waals surface area contributed by atoms with Crippen molar-refractivity contribution in [2.45, 2.75) is 26.7 Å². The second-order valence-corrected chi connectivity index (χ2v) is 7.56. The molecule has 0 amide bonds. The largest absolute Gasteiger partial charge is 0.524 e. The third-order valence-electron chi connectivity index (χ3n) is 4.57. The van der Waals surface area contributed by atoms with E-state index in [2.05, 4.69) is 38.1 Å². The predicted molar refractivity (Wildman–Crippen MR) is 109 cm³/mol. The highest BCUT2D eigenvalue weighted by atomic mass is 31.2. The van der Waals surface area contributed by atoms with Crippen LogP contribution in [-0.4, -0.2) is 9.79 Å². The van der Waals surface area contributed by atoms with Crippen molar-refractivity contribution in [1.82, 2.24) is 0 Å². The SMILES string of the molecule is CCc1ccc(-c2ccc(OP(=O)(O)O)c(-c3ccc(CC)cc3)c2)cc1. The van der Waals surface area contributed by atoms with Gasteiger partial charge < -0.3 is 4.52 Å². The molecule has 0 heterocycles. The summed E-state index contributed by atoms with van der Waals surface area (Å²) in [6.07, 6.45) is 1.90. The molecule has 3 rings (SSSR count). The monoisotopic (exact) mass is 382 g/mol. The minimum absolute atomic E-state index is 0.168. The van der Waals surface area contributed by atoms with Gasteiger partial charge in [-0.05, 0) is 52.8 Å². The van der Waals surface area contributed by atoms with Gasteiger partial charge in [0, 0.05) is 5.56 Å². The maximum absolute atomic E-state index is 11.4. The fourth-order valence-electron chi connectivity index (χ4n) is 3.00. The Balaban J connectivity index is 2.08. The average molecular weight is 382 g/mol. The Morgan fingerprint density at radius 1 is 0.741 bits per heavy atom. The molecule has 140 valence electrons. The van der Waals surface area contributed by atoms with E-state index in [0.717, 1.165) is 29.5 Å². The average Bonchev–Trinajstić information content (AvgIpc) is 2.67. The molecule has 0 atom stereocenters. The van der Waals surface area contributed by atoms with Crippen molar-refractivity contribution in [1.29, 1.82) is 0 Å². The maximum atomic E-state index is 11.4. The summed E-state index contributed by atoms with van der Waals surface area (Å²) < 4.78 is 16.3. The zero-order valence-electron chi connectivity index (χ0n) is 15.4. The van der Waals surface area contributed by atoms with Gasteiger partial charge in [0.25, 0.3) is 0 Å². The van der Waals surface area contributed by atoms with Crippen LogP contribution in [-0.2, 0) is 17.4 Å². The smallest absolute Gasteiger partial charge is 0.404 e. The van der Waals surface area contributed by atoms with Gasteiger partial charge in [-0.15, -0.1) is 0 Å². The minimum Gasteiger partial charge on any atom is -0.404 e. The van der Waals surface area contributed by atoms with E-state index in [1.807, 2.05) is 36.4 Å². The van der Waals surface area contributed by atoms with Gasteiger partial charge >= 0.3 is 7.82 Å². The van der Waals surface area contributed by atoms with Gasteiger partial charge in [0.1, 0.15) is 5.75 Å². The second kappa shape index (κ2) is 8.10. The molecule has 0 bridgehead atoms. The lowest BCUT2D eigenvalue weighted by Gasteiger charge is -2.14. The van der Waals surface area contributed by atoms with E-state index < -0.39 is 7.82 Å². The van der Waals surface area contributed by atoms with Gasteiger partial charge in [0.15, 0.2) is 0 Å². The highest BCUT2D eigenvalue weighted by Gasteiger charge is 2.19. The van der Waals surface area contributed by atoms with Gasteiger partial charge in [-0.2, -0.15) is 0 Å². The molecule has 0 aliphatic rings. The second-order valence-electron chi connectivity index (χ2n) is 6.39. The Hall–Kier alpha value is -2.39. The molecule has 0 aliphatic heterocycles. The summed E-state index contributed by atoms with van der Waals surface area (Å²) in [5.41, 5.74) is 5.96. The first kappa shape index (κ1) is 19.4. The molecular weight excluding hydrogens is 359 g/mol. The van der Waals surface area contributed by atoms with Crippen LogP contribution in [0.15, 0.2) is 66.7 Å². The summed E-state index contributed by atoms with van der Waals surface area (Å²) in [4.78, 5) is 18.5. The van der Waals surface area contributed by atoms with Crippen LogP contribution in [0.3, 0.4) is 0 Å². The topological polar surface area (TPSA) is 66.8 Å². The molecule has 4 nitrogen and oxygen atoms in total. The first-order chi connectivity index (χ1) is 12.9. The highest BCUT2D eigenvalue weighted by Crippen LogP contribution is 2.43. The number of benzene rings is 3. The maximum Gasteiger partial charge on any atom is 0.524 e. The van der Waals surface area contributed by atoms with Crippen LogP contribution in [0.4, 0.5) is 0 Å². The van der Waals surface area contributed by atoms with Crippen molar-refractivity contribution >= 4 is 7.82 Å². The molecule has 0 aliphatic carbocycles. The lowest BCUT2D eigenvalue weighted by atomic mass is 9.96. The van der Waals surface area contributed by atoms with Crippen molar-refractivity contribution in [3.63, 3.8) is 0 Å². The van der Waals surface area contributed by atoms with E-state index in [4.69, 9.17) is 4.52 Å². The molecule has 2 N–H and O–H groups in total. The predicted octanol–water partition coefficient (Wildman–Crippen LogP) is 5.62. The van der Waals surface area contributed by atoms with Gasteiger partial charge in [-0.1, -0.05) is 68.4 Å². The van der Waals surface area contributed by atoms with Crippen molar-refractivity contribution in [2.75, 3.05) is 0 Å². The van der Waals surface area contributed by atoms with Crippen molar-refractivity contribution < 1.29 is 18.9 Å². The highest BCUT2D eigenvalue weighted by molar-refractivity contribution is 7.46. The molecule has 0 saturated carbocycles. The standard InChI is InChI=1S/C22H23O4P/c1-3-16-5-9-18(10-6-16)20-13-14-22(26-27(23,24)25)21(15-20)19-11-7-17(4-2)8-12-19/h5-15H,3-4H2,1-2H3,(H2,23,24,25). The van der Waals surface area contributed by atoms with Crippen molar-refractivity contribution in [2.24, 2.45) is 0 Å². The molecule has 0 saturated heterocycles. The molecule has 5 heteroatoms. The molecule has 0 fully saturated rings. The fourth-order valence-corrected chi connectivity index (χ4v) is 3.41. The van der Waals surface area contributed by atoms with Crippen LogP contribution in [0.5, 0.6) is 5.75 Å². The number of aryl methyl sites for hydroxylation is 2. The lowest BCUT2D eigenvalue weighted by Crippen LogP contribution is -1.94. The number of phosphoric acid groups is 1. The Morgan fingerprint density at radius 3 is 1.70 bits per heavy atom. The van der Waals surface area contributed by atoms with Crippen LogP contribution in [0.2, 0.25) is 0 Å². The third kappa shape index (κ3) is 4.86. The van der Waals surface area contributed by atoms with E-state index in [0.29, 0.717) is 5.56 Å². The van der Waals surface area contributed by atoms with E-state index >= 15 is 0 Å². The molecular formula is C22H23O4P. The Morgan fingerprint density at radius 2 is 1.22 bits per heavy atom. The number of phosphoric ester groups is 1. The van der Waals surface area contributed by atoms with Crippen molar-refractivity contribution in [3.8, 4) is 28.0 Å². The molecule has 3 aromatic carbocycles. The summed E-state index contributed by atoms with van der Waals surface area (Å²) >= 11 is 0. The van der Waals surface area contributed by atoms with Crippen LogP contribution < -0.4 is 4.52 Å². The first-order valence-corrected chi connectivity index (χ1v) is 10.5. The molecule has 3 aromatic rings. The van der Waals surface area contributed by atoms with Gasteiger partial charge in [0.05, 0.1) is 0 Å². The van der Waals surface area contributed by atoms with E-state index in [-0.39, 0.29) is 5.75 Å². The van der Waals surface area contributed by atoms with Gasteiger partial charge in [-0.3, -0.25) is 9.79 Å². The van der Waals surface area contributed by atoms with Crippen molar-refractivity contribution in [3.05, 3.63) is 77.9 Å². The van der Waals surface area contributed by atoms with E-state index in [1.54, 1.807) is 6.07 Å². The minimum atomic E-state index is -4.65. The van der Waals surface area contributed by atoms with Gasteiger partial charge in [-0.25, -0.2) is 4.57 Å². The molecule has 27 heavy (non-hydrogen) atoms. The molecule has 0 unspecified atom stereocenters. The van der Waals surface area contributed by atoms with Crippen LogP contribution in [0, 0.1) is 0 Å². The van der Waals surface area contributed by atoms with Crippen LogP contribution in [0.25, 0.3) is 22.3 Å². The Labute approximate surface area is 159 Å². The number of rotatable bonds is 6. The summed E-state index contributed by atoms with van der Waals surface area (Å²) in [7, 11) is -4.65. The van der Waals surface area contributed by atoms with Crippen LogP contribution in [0.1, 0.15) is 25.0 Å². The van der Waals surface area contributed by atoms with E-state index in [1.165, 1.54) is 11.1 Å². The molecule has 0 spiro atoms. The number of hydrogen-bond donors (Lipinski definition) is 2. The first-order valence-electron chi connectivity index (χ1n) is 8.97. The quantitative estimate of drug-likeness (QED) is 0.543. The lowest BCUT2D eigenvalue weighted by molar-refractivity contribution is 0.283. The Bertz CT molecular complexity index is 957. The zero-order valence-corrected chi connectivity index (χ0v) is 16.3. The molecule has 0 aromatic heterocycles. The Kier molecular flexibility index (Phi) is 5.81. The summed E-state index contributed by atoms with van der Waals surface area (Å²) in [6.45, 7) is 4.19. The zero-order chi connectivity index (χ0) is 19.4. The number of hydrogen-bond acceptors (Lipinski definition) is 2. The molecule has 0 radical (unpaired) electrons. The third-order valence-corrected chi connectivity index (χ3v) is 5.00. The summed E-state index contributed by atoms with van der Waals surface area (Å²) in [6, 6.07) is 21.6. The van der Waals surface area contributed by atoms with Crippen LogP contribution >= 0.6 is 7.82 Å². The van der Waals surface area contributed by atoms with Gasteiger partial charge in [0.2, 0.25) is 0 Å². The summed E-state index contributed by atoms with van der Waals surface area (Å²) in [5, 5.41) is 0. The normalized spacial score (nSPS) is 11.4.